The summed E-state index contributed by atoms with van der Waals surface area (Å²) in [6.45, 7) is 4.33. The van der Waals surface area contributed by atoms with Crippen molar-refractivity contribution in [1.82, 2.24) is 10.2 Å². The minimum Gasteiger partial charge on any atom is -0.396 e. The number of hydrogen-bond acceptors (Lipinski definition) is 4. The van der Waals surface area contributed by atoms with Crippen LogP contribution in [0.4, 0.5) is 0 Å². The van der Waals surface area contributed by atoms with Crippen LogP contribution in [0.3, 0.4) is 0 Å². The SMILES string of the molecule is CC(C)N1C(=O)CO[C@H](C(=O)NCC2(CO)CCC2)[C@H]1c1ccccc1. The molecule has 1 aromatic carbocycles. The molecule has 3 rings (SSSR count). The Bertz CT molecular complexity index is 637. The van der Waals surface area contributed by atoms with Gasteiger partial charge in [0, 0.05) is 18.0 Å². The third-order valence-corrected chi connectivity index (χ3v) is 5.60. The predicted molar refractivity (Wildman–Crippen MR) is 97.3 cm³/mol. The van der Waals surface area contributed by atoms with E-state index in [-0.39, 0.29) is 36.5 Å². The van der Waals surface area contributed by atoms with Crippen LogP contribution < -0.4 is 5.32 Å². The van der Waals surface area contributed by atoms with Gasteiger partial charge in [-0.1, -0.05) is 36.8 Å². The lowest BCUT2D eigenvalue weighted by molar-refractivity contribution is -0.167. The van der Waals surface area contributed by atoms with Crippen LogP contribution in [-0.4, -0.2) is 53.7 Å². The molecule has 0 spiro atoms. The molecule has 142 valence electrons. The maximum absolute atomic E-state index is 12.9. The van der Waals surface area contributed by atoms with Gasteiger partial charge in [0.1, 0.15) is 6.61 Å². The van der Waals surface area contributed by atoms with Crippen molar-refractivity contribution in [2.45, 2.75) is 51.3 Å². The minimum atomic E-state index is -0.756. The molecule has 0 bridgehead atoms. The summed E-state index contributed by atoms with van der Waals surface area (Å²) in [6, 6.07) is 9.05. The zero-order chi connectivity index (χ0) is 18.7. The highest BCUT2D eigenvalue weighted by Gasteiger charge is 2.44. The van der Waals surface area contributed by atoms with E-state index in [4.69, 9.17) is 4.74 Å². The maximum Gasteiger partial charge on any atom is 0.251 e. The number of ether oxygens (including phenoxy) is 1. The molecule has 1 aromatic rings. The van der Waals surface area contributed by atoms with Crippen molar-refractivity contribution in [2.24, 2.45) is 5.41 Å². The Morgan fingerprint density at radius 3 is 2.58 bits per heavy atom. The monoisotopic (exact) mass is 360 g/mol. The molecule has 26 heavy (non-hydrogen) atoms. The Labute approximate surface area is 154 Å². The van der Waals surface area contributed by atoms with Crippen LogP contribution >= 0.6 is 0 Å². The molecular formula is C20H28N2O4. The first-order valence-electron chi connectivity index (χ1n) is 9.34. The summed E-state index contributed by atoms with van der Waals surface area (Å²) in [6.07, 6.45) is 2.18. The smallest absolute Gasteiger partial charge is 0.251 e. The first-order chi connectivity index (χ1) is 12.5. The van der Waals surface area contributed by atoms with Gasteiger partial charge in [-0.2, -0.15) is 0 Å². The molecular weight excluding hydrogens is 332 g/mol. The summed E-state index contributed by atoms with van der Waals surface area (Å²) in [7, 11) is 0. The Morgan fingerprint density at radius 2 is 2.04 bits per heavy atom. The first kappa shape index (κ1) is 18.9. The van der Waals surface area contributed by atoms with Gasteiger partial charge in [0.25, 0.3) is 5.91 Å². The number of carbonyl (C=O) groups is 2. The summed E-state index contributed by atoms with van der Waals surface area (Å²) < 4.78 is 5.68. The van der Waals surface area contributed by atoms with E-state index >= 15 is 0 Å². The zero-order valence-corrected chi connectivity index (χ0v) is 15.5. The van der Waals surface area contributed by atoms with Gasteiger partial charge in [-0.25, -0.2) is 0 Å². The number of rotatable bonds is 6. The second-order valence-electron chi connectivity index (χ2n) is 7.71. The van der Waals surface area contributed by atoms with E-state index in [1.165, 1.54) is 0 Å². The van der Waals surface area contributed by atoms with E-state index in [2.05, 4.69) is 5.32 Å². The largest absolute Gasteiger partial charge is 0.396 e. The quantitative estimate of drug-likeness (QED) is 0.808. The molecule has 0 radical (unpaired) electrons. The Hall–Kier alpha value is -1.92. The predicted octanol–water partition coefficient (Wildman–Crippen LogP) is 1.64. The standard InChI is InChI=1S/C20H28N2O4/c1-14(2)22-16(24)11-26-18(17(22)15-7-4-3-5-8-15)19(25)21-12-20(13-23)9-6-10-20/h3-5,7-8,14,17-18,23H,6,9-13H2,1-2H3,(H,21,25)/t17-,18+/m1/s1. The van der Waals surface area contributed by atoms with E-state index < -0.39 is 12.1 Å². The molecule has 2 amide bonds. The molecule has 0 unspecified atom stereocenters. The molecule has 0 aromatic heterocycles. The molecule has 1 heterocycles. The molecule has 2 atom stereocenters. The molecule has 6 nitrogen and oxygen atoms in total. The van der Waals surface area contributed by atoms with E-state index in [1.54, 1.807) is 4.90 Å². The number of hydrogen-bond donors (Lipinski definition) is 2. The Balaban J connectivity index is 1.81. The van der Waals surface area contributed by atoms with Gasteiger partial charge in [0.05, 0.1) is 12.6 Å². The van der Waals surface area contributed by atoms with Crippen LogP contribution in [0, 0.1) is 5.41 Å². The van der Waals surface area contributed by atoms with Crippen molar-refractivity contribution < 1.29 is 19.4 Å². The lowest BCUT2D eigenvalue weighted by Crippen LogP contribution is -2.57. The highest BCUT2D eigenvalue weighted by atomic mass is 16.5. The number of benzene rings is 1. The average molecular weight is 360 g/mol. The van der Waals surface area contributed by atoms with E-state index in [9.17, 15) is 14.7 Å². The zero-order valence-electron chi connectivity index (χ0n) is 15.5. The van der Waals surface area contributed by atoms with Gasteiger partial charge in [-0.15, -0.1) is 0 Å². The lowest BCUT2D eigenvalue weighted by atomic mass is 9.69. The van der Waals surface area contributed by atoms with Crippen molar-refractivity contribution in [2.75, 3.05) is 19.8 Å². The van der Waals surface area contributed by atoms with E-state index in [1.807, 2.05) is 44.2 Å². The highest BCUT2D eigenvalue weighted by molar-refractivity contribution is 5.86. The molecule has 2 aliphatic rings. The Morgan fingerprint density at radius 1 is 1.35 bits per heavy atom. The van der Waals surface area contributed by atoms with Crippen molar-refractivity contribution in [1.29, 1.82) is 0 Å². The number of morpholine rings is 1. The van der Waals surface area contributed by atoms with E-state index in [0.717, 1.165) is 24.8 Å². The second-order valence-corrected chi connectivity index (χ2v) is 7.71. The van der Waals surface area contributed by atoms with Crippen LogP contribution in [0.5, 0.6) is 0 Å². The van der Waals surface area contributed by atoms with Crippen LogP contribution in [-0.2, 0) is 14.3 Å². The number of nitrogens with one attached hydrogen (secondary N) is 1. The van der Waals surface area contributed by atoms with Gasteiger partial charge in [-0.05, 0) is 32.3 Å². The van der Waals surface area contributed by atoms with Gasteiger partial charge in [0.2, 0.25) is 5.91 Å². The fraction of sp³-hybridized carbons (Fsp3) is 0.600. The topological polar surface area (TPSA) is 78.9 Å². The molecule has 1 saturated carbocycles. The van der Waals surface area contributed by atoms with Gasteiger partial charge < -0.3 is 20.1 Å². The number of aliphatic hydroxyl groups excluding tert-OH is 1. The minimum absolute atomic E-state index is 0.0395. The average Bonchev–Trinajstić information content (AvgIpc) is 2.61. The molecule has 1 aliphatic carbocycles. The lowest BCUT2D eigenvalue weighted by Gasteiger charge is -2.44. The summed E-state index contributed by atoms with van der Waals surface area (Å²) in [5, 5.41) is 12.6. The number of aliphatic hydroxyl groups is 1. The maximum atomic E-state index is 12.9. The van der Waals surface area contributed by atoms with Gasteiger partial charge in [0.15, 0.2) is 6.10 Å². The summed E-state index contributed by atoms with van der Waals surface area (Å²) in [5.41, 5.74) is 0.690. The summed E-state index contributed by atoms with van der Waals surface area (Å²) in [4.78, 5) is 27.1. The fourth-order valence-electron chi connectivity index (χ4n) is 3.88. The molecule has 6 heteroatoms. The summed E-state index contributed by atoms with van der Waals surface area (Å²) >= 11 is 0. The molecule has 2 N–H and O–H groups in total. The second kappa shape index (κ2) is 7.76. The van der Waals surface area contributed by atoms with Crippen molar-refractivity contribution in [3.63, 3.8) is 0 Å². The number of carbonyl (C=O) groups excluding carboxylic acids is 2. The molecule has 1 aliphatic heterocycles. The third kappa shape index (κ3) is 3.62. The van der Waals surface area contributed by atoms with Crippen LogP contribution in [0.15, 0.2) is 30.3 Å². The first-order valence-corrected chi connectivity index (χ1v) is 9.34. The Kier molecular flexibility index (Phi) is 5.63. The number of amides is 2. The van der Waals surface area contributed by atoms with Crippen LogP contribution in [0.2, 0.25) is 0 Å². The van der Waals surface area contributed by atoms with Crippen molar-refractivity contribution >= 4 is 11.8 Å². The normalized spacial score (nSPS) is 25.1. The van der Waals surface area contributed by atoms with E-state index in [0.29, 0.717) is 6.54 Å². The number of nitrogens with zero attached hydrogens (tertiary/aromatic N) is 1. The van der Waals surface area contributed by atoms with Gasteiger partial charge >= 0.3 is 0 Å². The van der Waals surface area contributed by atoms with Crippen LogP contribution in [0.25, 0.3) is 0 Å². The van der Waals surface area contributed by atoms with Crippen molar-refractivity contribution in [3.05, 3.63) is 35.9 Å². The highest BCUT2D eigenvalue weighted by Crippen LogP contribution is 2.40. The molecule has 1 saturated heterocycles. The third-order valence-electron chi connectivity index (χ3n) is 5.60. The van der Waals surface area contributed by atoms with Gasteiger partial charge in [-0.3, -0.25) is 9.59 Å². The summed E-state index contributed by atoms with van der Waals surface area (Å²) in [5.74, 6) is -0.333. The van der Waals surface area contributed by atoms with Crippen molar-refractivity contribution in [3.8, 4) is 0 Å². The fourth-order valence-corrected chi connectivity index (χ4v) is 3.88. The molecule has 2 fully saturated rings. The van der Waals surface area contributed by atoms with Crippen LogP contribution in [0.1, 0.15) is 44.7 Å².